The first-order chi connectivity index (χ1) is 12.8. The minimum Gasteiger partial charge on any atom is -0.469 e. The summed E-state index contributed by atoms with van der Waals surface area (Å²) in [7, 11) is 3.55. The molecule has 1 saturated heterocycles. The SMILES string of the molecule is COC(=O)C1CCC2C3CCC4N(C)C(=O)CCC4(C)C3CCC12C.II. The number of amides is 1. The smallest absolute Gasteiger partial charge is 0.309 e. The molecule has 4 fully saturated rings. The number of esters is 1. The van der Waals surface area contributed by atoms with E-state index >= 15 is 0 Å². The minimum absolute atomic E-state index is 0.00587. The third kappa shape index (κ3) is 3.36. The van der Waals surface area contributed by atoms with Gasteiger partial charge < -0.3 is 9.64 Å². The number of piperidine rings is 1. The summed E-state index contributed by atoms with van der Waals surface area (Å²) in [6, 6.07) is 0.414. The molecule has 1 aliphatic heterocycles. The van der Waals surface area contributed by atoms with Gasteiger partial charge in [0, 0.05) is 56.7 Å². The molecule has 4 rings (SSSR count). The Balaban J connectivity index is 0.00000102. The number of carbonyl (C=O) groups is 2. The van der Waals surface area contributed by atoms with Gasteiger partial charge in [0.25, 0.3) is 0 Å². The Morgan fingerprint density at radius 1 is 1.04 bits per heavy atom. The van der Waals surface area contributed by atoms with Gasteiger partial charge in [-0.05, 0) is 73.5 Å². The summed E-state index contributed by atoms with van der Waals surface area (Å²) in [6.07, 6.45) is 8.62. The van der Waals surface area contributed by atoms with Crippen LogP contribution in [0.3, 0.4) is 0 Å². The summed E-state index contributed by atoms with van der Waals surface area (Å²) in [5.74, 6) is 2.49. The molecule has 6 heteroatoms. The fourth-order valence-corrected chi connectivity index (χ4v) is 7.68. The standard InChI is InChI=1S/C21H33NO3.I2/c1-20-11-9-15-13(14(20)6-7-16(20)19(24)25-4)5-8-17-21(15,2)12-10-18(23)22(17)3;1-2/h13-17H,5-12H2,1-4H3;. The van der Waals surface area contributed by atoms with E-state index < -0.39 is 0 Å². The topological polar surface area (TPSA) is 46.6 Å². The van der Waals surface area contributed by atoms with Crippen LogP contribution in [0.2, 0.25) is 0 Å². The summed E-state index contributed by atoms with van der Waals surface area (Å²) in [6.45, 7) is 4.81. The van der Waals surface area contributed by atoms with E-state index in [0.29, 0.717) is 30.2 Å². The number of nitrogens with zero attached hydrogens (tertiary/aromatic N) is 1. The van der Waals surface area contributed by atoms with E-state index in [1.54, 1.807) is 0 Å². The van der Waals surface area contributed by atoms with Crippen LogP contribution >= 0.6 is 37.2 Å². The molecule has 27 heavy (non-hydrogen) atoms. The fourth-order valence-electron chi connectivity index (χ4n) is 7.68. The molecule has 4 aliphatic rings. The van der Waals surface area contributed by atoms with Crippen molar-refractivity contribution in [1.82, 2.24) is 4.90 Å². The number of hydrogen-bond acceptors (Lipinski definition) is 3. The van der Waals surface area contributed by atoms with Crippen molar-refractivity contribution in [3.63, 3.8) is 0 Å². The summed E-state index contributed by atoms with van der Waals surface area (Å²) in [4.78, 5) is 26.6. The molecule has 1 amide bonds. The number of ether oxygens (including phenoxy) is 1. The van der Waals surface area contributed by atoms with E-state index in [9.17, 15) is 9.59 Å². The highest BCUT2D eigenvalue weighted by Crippen LogP contribution is 2.66. The molecule has 0 spiro atoms. The Morgan fingerprint density at radius 3 is 2.37 bits per heavy atom. The molecule has 0 bridgehead atoms. The maximum absolute atomic E-state index is 12.3. The van der Waals surface area contributed by atoms with Crippen molar-refractivity contribution < 1.29 is 14.3 Å². The average molecular weight is 601 g/mol. The van der Waals surface area contributed by atoms with Crippen LogP contribution in [0.1, 0.15) is 65.2 Å². The molecular weight excluding hydrogens is 568 g/mol. The van der Waals surface area contributed by atoms with Gasteiger partial charge in [0.2, 0.25) is 5.91 Å². The first-order valence-electron chi connectivity index (χ1n) is 10.3. The van der Waals surface area contributed by atoms with Crippen molar-refractivity contribution in [2.45, 2.75) is 71.3 Å². The van der Waals surface area contributed by atoms with E-state index in [4.69, 9.17) is 4.74 Å². The molecule has 3 saturated carbocycles. The van der Waals surface area contributed by atoms with Crippen molar-refractivity contribution in [2.75, 3.05) is 14.2 Å². The minimum atomic E-state index is 0.00587. The highest BCUT2D eigenvalue weighted by atomic mass is 128. The van der Waals surface area contributed by atoms with Crippen LogP contribution in [-0.4, -0.2) is 37.0 Å². The lowest BCUT2D eigenvalue weighted by molar-refractivity contribution is -0.164. The van der Waals surface area contributed by atoms with Gasteiger partial charge in [-0.1, -0.05) is 13.8 Å². The molecule has 154 valence electrons. The number of likely N-dealkylation sites (tertiary alicyclic amines) is 1. The van der Waals surface area contributed by atoms with Gasteiger partial charge in [-0.15, -0.1) is 0 Å². The molecule has 7 atom stereocenters. The van der Waals surface area contributed by atoms with Crippen molar-refractivity contribution in [3.05, 3.63) is 0 Å². The third-order valence-electron chi connectivity index (χ3n) is 9.04. The van der Waals surface area contributed by atoms with Crippen LogP contribution in [0.4, 0.5) is 0 Å². The zero-order valence-corrected chi connectivity index (χ0v) is 21.3. The molecule has 7 unspecified atom stereocenters. The predicted octanol–water partition coefficient (Wildman–Crippen LogP) is 5.41. The molecular formula is C21H33I2NO3. The van der Waals surface area contributed by atoms with Gasteiger partial charge in [0.1, 0.15) is 0 Å². The maximum atomic E-state index is 12.3. The van der Waals surface area contributed by atoms with Crippen LogP contribution < -0.4 is 0 Å². The highest BCUT2D eigenvalue weighted by molar-refractivity contribution is 15.0. The Bertz CT molecular complexity index is 600. The lowest BCUT2D eigenvalue weighted by atomic mass is 9.47. The zero-order chi connectivity index (χ0) is 20.0. The van der Waals surface area contributed by atoms with Crippen molar-refractivity contribution in [3.8, 4) is 0 Å². The van der Waals surface area contributed by atoms with Crippen LogP contribution in [0, 0.1) is 34.5 Å². The first-order valence-corrected chi connectivity index (χ1v) is 16.6. The Hall–Kier alpha value is 0.400. The molecule has 4 nitrogen and oxygen atoms in total. The highest BCUT2D eigenvalue weighted by Gasteiger charge is 2.62. The zero-order valence-electron chi connectivity index (χ0n) is 17.0. The first kappa shape index (κ1) is 22.1. The van der Waals surface area contributed by atoms with E-state index in [1.807, 2.05) is 7.05 Å². The van der Waals surface area contributed by atoms with E-state index in [1.165, 1.54) is 26.4 Å². The monoisotopic (exact) mass is 601 g/mol. The molecule has 0 radical (unpaired) electrons. The average Bonchev–Trinajstić information content (AvgIpc) is 3.03. The molecule has 0 N–H and O–H groups in total. The second-order valence-corrected chi connectivity index (χ2v) is 9.68. The van der Waals surface area contributed by atoms with E-state index in [2.05, 4.69) is 56.0 Å². The number of halogens is 2. The van der Waals surface area contributed by atoms with Crippen LogP contribution in [0.25, 0.3) is 0 Å². The summed E-state index contributed by atoms with van der Waals surface area (Å²) >= 11 is 4.24. The van der Waals surface area contributed by atoms with Gasteiger partial charge in [-0.2, -0.15) is 0 Å². The molecule has 0 aromatic carbocycles. The largest absolute Gasteiger partial charge is 0.469 e. The Morgan fingerprint density at radius 2 is 1.70 bits per heavy atom. The third-order valence-corrected chi connectivity index (χ3v) is 9.04. The van der Waals surface area contributed by atoms with Gasteiger partial charge >= 0.3 is 5.97 Å². The van der Waals surface area contributed by atoms with Crippen LogP contribution in [-0.2, 0) is 14.3 Å². The van der Waals surface area contributed by atoms with Crippen LogP contribution in [0.15, 0.2) is 0 Å². The van der Waals surface area contributed by atoms with Crippen molar-refractivity contribution in [2.24, 2.45) is 34.5 Å². The fraction of sp³-hybridized carbons (Fsp3) is 0.905. The second kappa shape index (κ2) is 8.26. The Kier molecular flexibility index (Phi) is 6.76. The van der Waals surface area contributed by atoms with Crippen LogP contribution in [0.5, 0.6) is 0 Å². The number of hydrogen-bond donors (Lipinski definition) is 0. The number of rotatable bonds is 1. The molecule has 1 heterocycles. The predicted molar refractivity (Wildman–Crippen MR) is 124 cm³/mol. The van der Waals surface area contributed by atoms with Gasteiger partial charge in [0.05, 0.1) is 13.0 Å². The lowest BCUT2D eigenvalue weighted by Gasteiger charge is -2.61. The number of carbonyl (C=O) groups excluding carboxylic acids is 2. The van der Waals surface area contributed by atoms with Gasteiger partial charge in [-0.25, -0.2) is 0 Å². The molecule has 3 aliphatic carbocycles. The summed E-state index contributed by atoms with van der Waals surface area (Å²) in [5.41, 5.74) is 0.379. The van der Waals surface area contributed by atoms with Crippen molar-refractivity contribution >= 4 is 49.1 Å². The van der Waals surface area contributed by atoms with Crippen molar-refractivity contribution in [1.29, 1.82) is 0 Å². The molecule has 0 aromatic heterocycles. The van der Waals surface area contributed by atoms with Gasteiger partial charge in [0.15, 0.2) is 0 Å². The lowest BCUT2D eigenvalue weighted by Crippen LogP contribution is -2.61. The maximum Gasteiger partial charge on any atom is 0.309 e. The van der Waals surface area contributed by atoms with E-state index in [0.717, 1.165) is 31.6 Å². The normalized spacial score (nSPS) is 45.8. The quantitative estimate of drug-likeness (QED) is 0.299. The second-order valence-electron chi connectivity index (χ2n) is 9.68. The molecule has 0 aromatic rings. The number of fused-ring (bicyclic) bond motifs is 5. The van der Waals surface area contributed by atoms with E-state index in [-0.39, 0.29) is 22.7 Å². The summed E-state index contributed by atoms with van der Waals surface area (Å²) < 4.78 is 5.13. The summed E-state index contributed by atoms with van der Waals surface area (Å²) in [5, 5.41) is 0. The number of methoxy groups -OCH3 is 1. The Labute approximate surface area is 187 Å². The van der Waals surface area contributed by atoms with Gasteiger partial charge in [-0.3, -0.25) is 9.59 Å².